The van der Waals surface area contributed by atoms with Crippen LogP contribution in [-0.2, 0) is 0 Å². The van der Waals surface area contributed by atoms with Crippen LogP contribution in [0.25, 0.3) is 0 Å². The van der Waals surface area contributed by atoms with Crippen LogP contribution in [0.1, 0.15) is 0 Å². The van der Waals surface area contributed by atoms with E-state index in [2.05, 4.69) is 0 Å². The Hall–Kier alpha value is 1.49. The third-order valence-corrected chi connectivity index (χ3v) is 0.808. The van der Waals surface area contributed by atoms with Gasteiger partial charge in [0.05, 0.1) is 0 Å². The average molecular weight is 250 g/mol. The number of halogens is 1. The number of hydrogen-bond donors (Lipinski definition) is 1. The maximum atomic E-state index is 12.0. The Morgan fingerprint density at radius 3 is 1.93 bits per heavy atom. The van der Waals surface area contributed by atoms with Crippen LogP contribution in [0.15, 0.2) is 24.3 Å². The summed E-state index contributed by atoms with van der Waals surface area (Å²) in [5.41, 5.74) is 0. The van der Waals surface area contributed by atoms with E-state index in [0.29, 0.717) is 0 Å². The summed E-state index contributed by atoms with van der Waals surface area (Å²) in [6, 6.07) is 5.20. The van der Waals surface area contributed by atoms with E-state index in [9.17, 15) is 4.39 Å². The average Bonchev–Trinajstić information content (AvgIpc) is 1.84. The minimum atomic E-state index is -2.33. The molecule has 0 spiro atoms. The van der Waals surface area contributed by atoms with Crippen molar-refractivity contribution in [3.05, 3.63) is 30.1 Å². The van der Waals surface area contributed by atoms with Crippen LogP contribution in [-0.4, -0.2) is 11.3 Å². The summed E-state index contributed by atoms with van der Waals surface area (Å²) in [5.74, 6) is -0.449. The van der Waals surface area contributed by atoms with Gasteiger partial charge in [0.2, 0.25) is 0 Å². The summed E-state index contributed by atoms with van der Waals surface area (Å²) >= 11 is 0. The third-order valence-electron chi connectivity index (χ3n) is 0.808. The smallest absolute Gasteiger partial charge is 0.652 e. The van der Waals surface area contributed by atoms with Gasteiger partial charge in [-0.2, -0.15) is 0 Å². The molecule has 1 aromatic rings. The summed E-state index contributed by atoms with van der Waals surface area (Å²) in [6.07, 6.45) is -2.33. The molecule has 1 N–H and O–H groups in total. The maximum absolute atomic E-state index is 12.0. The molecule has 0 fully saturated rings. The van der Waals surface area contributed by atoms with Gasteiger partial charge in [0.1, 0.15) is 11.6 Å². The number of carbonyl (C=O) groups excluding carboxylic acids is 1. The maximum Gasteiger partial charge on any atom is 1.00 e. The van der Waals surface area contributed by atoms with Crippen molar-refractivity contribution in [2.45, 2.75) is 0 Å². The summed E-state index contributed by atoms with van der Waals surface area (Å²) in [7, 11) is 0. The van der Waals surface area contributed by atoms with Gasteiger partial charge < -0.3 is 20.1 Å². The number of aromatic hydroxyl groups is 1. The fourth-order valence-electron chi connectivity index (χ4n) is 0.476. The van der Waals surface area contributed by atoms with E-state index in [4.69, 9.17) is 20.1 Å². The number of benzene rings is 1. The van der Waals surface area contributed by atoms with E-state index in [-0.39, 0.29) is 109 Å². The van der Waals surface area contributed by atoms with Gasteiger partial charge in [-0.1, -0.05) is 6.07 Å². The van der Waals surface area contributed by atoms with Crippen LogP contribution in [0.3, 0.4) is 0 Å². The van der Waals surface area contributed by atoms with Gasteiger partial charge in [-0.15, -0.1) is 0 Å². The van der Waals surface area contributed by atoms with E-state index >= 15 is 0 Å². The van der Waals surface area contributed by atoms with Crippen LogP contribution in [0.4, 0.5) is 9.18 Å². The Labute approximate surface area is 165 Å². The topological polar surface area (TPSA) is 83.4 Å². The Morgan fingerprint density at radius 2 is 1.71 bits per heavy atom. The van der Waals surface area contributed by atoms with Crippen molar-refractivity contribution >= 4 is 6.16 Å². The number of carbonyl (C=O) groups is 1. The Morgan fingerprint density at radius 1 is 1.29 bits per heavy atom. The Balaban J connectivity index is -0.000000180. The first-order chi connectivity index (χ1) is 5.52. The zero-order valence-electron chi connectivity index (χ0n) is 7.86. The molecule has 14 heavy (non-hydrogen) atoms. The van der Waals surface area contributed by atoms with E-state index in [1.54, 1.807) is 0 Å². The number of phenols is 1. The largest absolute Gasteiger partial charge is 1.00 e. The van der Waals surface area contributed by atoms with Gasteiger partial charge >= 0.3 is 103 Å². The van der Waals surface area contributed by atoms with Gasteiger partial charge in [0, 0.05) is 6.07 Å². The van der Waals surface area contributed by atoms with Crippen molar-refractivity contribution in [2.75, 3.05) is 0 Å². The fourth-order valence-corrected chi connectivity index (χ4v) is 0.476. The van der Waals surface area contributed by atoms with Gasteiger partial charge in [0.25, 0.3) is 0 Å². The first-order valence-corrected chi connectivity index (χ1v) is 2.85. The molecule has 0 unspecified atom stereocenters. The van der Waals surface area contributed by atoms with Crippen molar-refractivity contribution < 1.29 is 127 Å². The number of rotatable bonds is 0. The van der Waals surface area contributed by atoms with Crippen LogP contribution in [0.2, 0.25) is 0 Å². The number of carboxylic acid groups (broad SMARTS) is 2. The monoisotopic (exact) mass is 250 g/mol. The second-order valence-electron chi connectivity index (χ2n) is 1.73. The molecule has 0 saturated carbocycles. The molecule has 4 nitrogen and oxygen atoms in total. The molecule has 0 aliphatic rings. The minimum Gasteiger partial charge on any atom is -0.652 e. The second-order valence-corrected chi connectivity index (χ2v) is 1.73. The van der Waals surface area contributed by atoms with Crippen molar-refractivity contribution in [2.24, 2.45) is 0 Å². The molecule has 0 aromatic heterocycles. The molecule has 0 bridgehead atoms. The number of hydrogen-bond acceptors (Lipinski definition) is 4. The molecule has 7 heteroatoms. The zero-order chi connectivity index (χ0) is 9.56. The second kappa shape index (κ2) is 12.6. The molecule has 66 valence electrons. The van der Waals surface area contributed by atoms with Gasteiger partial charge in [0.15, 0.2) is 0 Å². The molecule has 1 rings (SSSR count). The molecule has 0 aliphatic heterocycles. The molecule has 0 saturated heterocycles. The SMILES string of the molecule is O=C([O-])[O-].Oc1cccc(F)c1.[K+].[K+]. The quantitative estimate of drug-likeness (QED) is 0.464. The molecule has 0 radical (unpaired) electrons. The van der Waals surface area contributed by atoms with Crippen molar-refractivity contribution in [3.63, 3.8) is 0 Å². The molecule has 1 aromatic carbocycles. The van der Waals surface area contributed by atoms with Gasteiger partial charge in [-0.05, 0) is 18.3 Å². The van der Waals surface area contributed by atoms with Crippen molar-refractivity contribution in [1.82, 2.24) is 0 Å². The Bertz CT molecular complexity index is 248. The summed E-state index contributed by atoms with van der Waals surface area (Å²) in [6.45, 7) is 0. The van der Waals surface area contributed by atoms with Crippen LogP contribution in [0, 0.1) is 5.82 Å². The van der Waals surface area contributed by atoms with E-state index in [1.165, 1.54) is 18.2 Å². The minimum absolute atomic E-state index is 0. The van der Waals surface area contributed by atoms with Crippen LogP contribution in [0.5, 0.6) is 5.75 Å². The molecular weight excluding hydrogens is 245 g/mol. The fraction of sp³-hybridized carbons (Fsp3) is 0. The molecule has 0 amide bonds. The molecule has 0 aliphatic carbocycles. The van der Waals surface area contributed by atoms with Crippen LogP contribution < -0.4 is 113 Å². The van der Waals surface area contributed by atoms with Crippen LogP contribution >= 0.6 is 0 Å². The number of phenolic OH excluding ortho intramolecular Hbond substituents is 1. The van der Waals surface area contributed by atoms with E-state index < -0.39 is 12.0 Å². The van der Waals surface area contributed by atoms with Crippen molar-refractivity contribution in [1.29, 1.82) is 0 Å². The first kappa shape index (κ1) is 20.9. The predicted molar refractivity (Wildman–Crippen MR) is 33.5 cm³/mol. The normalized spacial score (nSPS) is 6.93. The summed E-state index contributed by atoms with van der Waals surface area (Å²) in [5, 5.41) is 25.2. The van der Waals surface area contributed by atoms with E-state index in [0.717, 1.165) is 6.07 Å². The summed E-state index contributed by atoms with van der Waals surface area (Å²) < 4.78 is 12.0. The summed E-state index contributed by atoms with van der Waals surface area (Å²) in [4.78, 5) is 8.33. The third kappa shape index (κ3) is 15.9. The van der Waals surface area contributed by atoms with E-state index in [1.807, 2.05) is 0 Å². The molecule has 0 heterocycles. The standard InChI is InChI=1S/C6H5FO.CH2O3.2K/c7-5-2-1-3-6(8)4-5;2-1(3)4;;/h1-4,8H;(H2,2,3,4);;/q;;2*+1/p-2. The Kier molecular flexibility index (Phi) is 18.7. The molecule has 0 atom stereocenters. The van der Waals surface area contributed by atoms with Gasteiger partial charge in [-0.25, -0.2) is 4.39 Å². The molecular formula is C7H5FK2O4. The predicted octanol–water partition coefficient (Wildman–Crippen LogP) is -6.91. The zero-order valence-corrected chi connectivity index (χ0v) is 14.1. The van der Waals surface area contributed by atoms with Gasteiger partial charge in [-0.3, -0.25) is 0 Å². The van der Waals surface area contributed by atoms with Crippen molar-refractivity contribution in [3.8, 4) is 5.75 Å². The first-order valence-electron chi connectivity index (χ1n) is 2.85.